The number of hydrogen-bond donors (Lipinski definition) is 0. The molecule has 0 heterocycles. The number of rotatable bonds is 2. The van der Waals surface area contributed by atoms with Crippen molar-refractivity contribution < 1.29 is 4.79 Å². The predicted molar refractivity (Wildman–Crippen MR) is 79.1 cm³/mol. The molecule has 92 valence electrons. The van der Waals surface area contributed by atoms with Crippen molar-refractivity contribution in [1.29, 1.82) is 0 Å². The number of aryl methyl sites for hydroxylation is 2. The van der Waals surface area contributed by atoms with Crippen LogP contribution in [-0.2, 0) is 0 Å². The number of hydrogen-bond acceptors (Lipinski definition) is 1. The highest BCUT2D eigenvalue weighted by atomic mass is 79.9. The molecule has 2 heteroatoms. The Morgan fingerprint density at radius 1 is 0.944 bits per heavy atom. The minimum atomic E-state index is 0.120. The topological polar surface area (TPSA) is 17.1 Å². The third-order valence-corrected chi connectivity index (χ3v) is 3.64. The molecule has 0 amide bonds. The number of benzene rings is 2. The van der Waals surface area contributed by atoms with Gasteiger partial charge >= 0.3 is 0 Å². The Morgan fingerprint density at radius 2 is 1.50 bits per heavy atom. The lowest BCUT2D eigenvalue weighted by Gasteiger charge is -2.13. The van der Waals surface area contributed by atoms with Gasteiger partial charge in [0.1, 0.15) is 0 Å². The molecular formula is C16H15BrO. The molecule has 0 aliphatic carbocycles. The van der Waals surface area contributed by atoms with E-state index in [1.54, 1.807) is 6.92 Å². The van der Waals surface area contributed by atoms with Crippen LogP contribution in [0.3, 0.4) is 0 Å². The van der Waals surface area contributed by atoms with Gasteiger partial charge in [0, 0.05) is 10.0 Å². The summed E-state index contributed by atoms with van der Waals surface area (Å²) in [6.45, 7) is 5.66. The van der Waals surface area contributed by atoms with E-state index in [1.165, 1.54) is 0 Å². The lowest BCUT2D eigenvalue weighted by Crippen LogP contribution is -2.01. The monoisotopic (exact) mass is 302 g/mol. The van der Waals surface area contributed by atoms with Crippen molar-refractivity contribution in [2.24, 2.45) is 0 Å². The molecule has 0 N–H and O–H groups in total. The first-order valence-corrected chi connectivity index (χ1v) is 6.67. The molecule has 0 aromatic heterocycles. The summed E-state index contributed by atoms with van der Waals surface area (Å²) in [4.78, 5) is 11.9. The van der Waals surface area contributed by atoms with Crippen LogP contribution < -0.4 is 0 Å². The second-order valence-electron chi connectivity index (χ2n) is 4.51. The van der Waals surface area contributed by atoms with Gasteiger partial charge in [0.2, 0.25) is 0 Å². The van der Waals surface area contributed by atoms with Gasteiger partial charge in [0.25, 0.3) is 0 Å². The van der Waals surface area contributed by atoms with Gasteiger partial charge in [-0.1, -0.05) is 40.2 Å². The summed E-state index contributed by atoms with van der Waals surface area (Å²) < 4.78 is 1.04. The number of ketones is 1. The van der Waals surface area contributed by atoms with Crippen molar-refractivity contribution in [1.82, 2.24) is 0 Å². The van der Waals surface area contributed by atoms with E-state index in [0.717, 1.165) is 32.3 Å². The maximum atomic E-state index is 11.9. The van der Waals surface area contributed by atoms with Crippen LogP contribution in [-0.4, -0.2) is 5.78 Å². The lowest BCUT2D eigenvalue weighted by atomic mass is 9.90. The number of Topliss-reactive ketones (excluding diaryl/α,β-unsaturated/α-hetero) is 1. The molecular weight excluding hydrogens is 288 g/mol. The summed E-state index contributed by atoms with van der Waals surface area (Å²) in [5.41, 5.74) is 5.14. The van der Waals surface area contributed by atoms with Gasteiger partial charge in [-0.3, -0.25) is 4.79 Å². The van der Waals surface area contributed by atoms with Crippen molar-refractivity contribution in [3.8, 4) is 11.1 Å². The van der Waals surface area contributed by atoms with Crippen LogP contribution in [0.2, 0.25) is 0 Å². The molecule has 0 aliphatic rings. The zero-order valence-corrected chi connectivity index (χ0v) is 12.3. The van der Waals surface area contributed by atoms with Crippen LogP contribution in [0.5, 0.6) is 0 Å². The fraction of sp³-hybridized carbons (Fsp3) is 0.188. The minimum absolute atomic E-state index is 0.120. The third-order valence-electron chi connectivity index (χ3n) is 3.11. The van der Waals surface area contributed by atoms with Gasteiger partial charge in [-0.25, -0.2) is 0 Å². The molecule has 0 saturated heterocycles. The summed E-state index contributed by atoms with van der Waals surface area (Å²) >= 11 is 3.43. The Kier molecular flexibility index (Phi) is 3.67. The molecule has 0 radical (unpaired) electrons. The van der Waals surface area contributed by atoms with Crippen molar-refractivity contribution in [2.75, 3.05) is 0 Å². The lowest BCUT2D eigenvalue weighted by molar-refractivity contribution is 0.101. The summed E-state index contributed by atoms with van der Waals surface area (Å²) in [5, 5.41) is 0. The van der Waals surface area contributed by atoms with Crippen LogP contribution in [0, 0.1) is 13.8 Å². The molecule has 2 aromatic carbocycles. The Labute approximate surface area is 116 Å². The quantitative estimate of drug-likeness (QED) is 0.718. The van der Waals surface area contributed by atoms with E-state index >= 15 is 0 Å². The number of carbonyl (C=O) groups is 1. The highest BCUT2D eigenvalue weighted by molar-refractivity contribution is 9.10. The maximum absolute atomic E-state index is 11.9. The fourth-order valence-corrected chi connectivity index (χ4v) is 2.52. The van der Waals surface area contributed by atoms with Gasteiger partial charge in [0.05, 0.1) is 0 Å². The SMILES string of the molecule is CC(=O)c1c(C)ccc(C)c1-c1ccc(Br)cc1. The van der Waals surface area contributed by atoms with Crippen LogP contribution in [0.4, 0.5) is 0 Å². The van der Waals surface area contributed by atoms with Gasteiger partial charge in [-0.15, -0.1) is 0 Å². The minimum Gasteiger partial charge on any atom is -0.294 e. The molecule has 2 aromatic rings. The summed E-state index contributed by atoms with van der Waals surface area (Å²) in [5.74, 6) is 0.120. The summed E-state index contributed by atoms with van der Waals surface area (Å²) in [6.07, 6.45) is 0. The van der Waals surface area contributed by atoms with E-state index in [0.29, 0.717) is 0 Å². The molecule has 0 unspecified atom stereocenters. The van der Waals surface area contributed by atoms with Crippen LogP contribution in [0.15, 0.2) is 40.9 Å². The third kappa shape index (κ3) is 2.39. The zero-order chi connectivity index (χ0) is 13.3. The largest absolute Gasteiger partial charge is 0.294 e. The Bertz CT molecular complexity index is 597. The fourth-order valence-electron chi connectivity index (χ4n) is 2.25. The number of halogens is 1. The van der Waals surface area contributed by atoms with Gasteiger partial charge in [-0.2, -0.15) is 0 Å². The first kappa shape index (κ1) is 13.0. The molecule has 18 heavy (non-hydrogen) atoms. The number of carbonyl (C=O) groups excluding carboxylic acids is 1. The van der Waals surface area contributed by atoms with E-state index in [4.69, 9.17) is 0 Å². The van der Waals surface area contributed by atoms with E-state index < -0.39 is 0 Å². The molecule has 0 fully saturated rings. The first-order valence-electron chi connectivity index (χ1n) is 5.88. The second-order valence-corrected chi connectivity index (χ2v) is 5.43. The molecule has 0 bridgehead atoms. The van der Waals surface area contributed by atoms with Gasteiger partial charge in [0.15, 0.2) is 5.78 Å². The molecule has 1 nitrogen and oxygen atoms in total. The predicted octanol–water partition coefficient (Wildman–Crippen LogP) is 4.94. The van der Waals surface area contributed by atoms with E-state index in [9.17, 15) is 4.79 Å². The molecule has 0 aliphatic heterocycles. The second kappa shape index (κ2) is 5.07. The highest BCUT2D eigenvalue weighted by Gasteiger charge is 2.14. The summed E-state index contributed by atoms with van der Waals surface area (Å²) in [7, 11) is 0. The Morgan fingerprint density at radius 3 is 2.06 bits per heavy atom. The molecule has 2 rings (SSSR count). The van der Waals surface area contributed by atoms with Crippen LogP contribution in [0.25, 0.3) is 11.1 Å². The van der Waals surface area contributed by atoms with Crippen LogP contribution >= 0.6 is 15.9 Å². The van der Waals surface area contributed by atoms with Crippen molar-refractivity contribution in [3.63, 3.8) is 0 Å². The smallest absolute Gasteiger partial charge is 0.160 e. The maximum Gasteiger partial charge on any atom is 0.160 e. The van der Waals surface area contributed by atoms with Gasteiger partial charge in [-0.05, 0) is 55.2 Å². The average Bonchev–Trinajstić information content (AvgIpc) is 2.32. The molecule has 0 saturated carbocycles. The van der Waals surface area contributed by atoms with Crippen LogP contribution in [0.1, 0.15) is 28.4 Å². The van der Waals surface area contributed by atoms with E-state index in [2.05, 4.69) is 22.0 Å². The Balaban J connectivity index is 2.73. The van der Waals surface area contributed by atoms with Gasteiger partial charge < -0.3 is 0 Å². The van der Waals surface area contributed by atoms with E-state index in [1.807, 2.05) is 44.2 Å². The molecule has 0 spiro atoms. The van der Waals surface area contributed by atoms with Crippen molar-refractivity contribution in [3.05, 3.63) is 57.6 Å². The average molecular weight is 303 g/mol. The normalized spacial score (nSPS) is 10.4. The Hall–Kier alpha value is -1.41. The first-order chi connectivity index (χ1) is 8.50. The summed E-state index contributed by atoms with van der Waals surface area (Å²) in [6, 6.07) is 12.2. The zero-order valence-electron chi connectivity index (χ0n) is 10.8. The standard InChI is InChI=1S/C16H15BrO/c1-10-4-5-11(2)16(15(10)12(3)18)13-6-8-14(17)9-7-13/h4-9H,1-3H3. The van der Waals surface area contributed by atoms with Crippen molar-refractivity contribution >= 4 is 21.7 Å². The van der Waals surface area contributed by atoms with Crippen molar-refractivity contribution in [2.45, 2.75) is 20.8 Å². The highest BCUT2D eigenvalue weighted by Crippen LogP contribution is 2.31. The molecule has 0 atom stereocenters. The van der Waals surface area contributed by atoms with E-state index in [-0.39, 0.29) is 5.78 Å².